The number of aromatic carboxylic acids is 1. The van der Waals surface area contributed by atoms with Gasteiger partial charge in [-0.25, -0.2) is 4.79 Å². The Balaban J connectivity index is 1.80. The molecule has 0 saturated carbocycles. The van der Waals surface area contributed by atoms with E-state index in [1.165, 1.54) is 12.1 Å². The SMILES string of the molecule is CCOc1cc(C=Nc2ccc(C)c(Cl)c2)cc(Cl)c1OCc1ccc(C(=O)O)cc1. The number of carbonyl (C=O) groups is 1. The van der Waals surface area contributed by atoms with Gasteiger partial charge in [-0.1, -0.05) is 41.4 Å². The van der Waals surface area contributed by atoms with E-state index in [1.54, 1.807) is 36.5 Å². The molecule has 0 heterocycles. The number of rotatable bonds is 8. The summed E-state index contributed by atoms with van der Waals surface area (Å²) in [6.07, 6.45) is 1.68. The quantitative estimate of drug-likeness (QED) is 0.380. The summed E-state index contributed by atoms with van der Waals surface area (Å²) in [5.41, 5.74) is 3.50. The molecule has 1 N–H and O–H groups in total. The van der Waals surface area contributed by atoms with Gasteiger partial charge >= 0.3 is 5.97 Å². The van der Waals surface area contributed by atoms with Crippen LogP contribution in [0.2, 0.25) is 10.0 Å². The van der Waals surface area contributed by atoms with Crippen molar-refractivity contribution >= 4 is 41.1 Å². The van der Waals surface area contributed by atoms with Crippen molar-refractivity contribution in [3.05, 3.63) is 86.9 Å². The van der Waals surface area contributed by atoms with E-state index in [1.807, 2.05) is 26.0 Å². The third-order valence-electron chi connectivity index (χ3n) is 4.43. The zero-order valence-corrected chi connectivity index (χ0v) is 18.6. The van der Waals surface area contributed by atoms with Gasteiger partial charge in [-0.2, -0.15) is 0 Å². The highest BCUT2D eigenvalue weighted by Gasteiger charge is 2.13. The van der Waals surface area contributed by atoms with Crippen LogP contribution in [0.1, 0.15) is 34.0 Å². The van der Waals surface area contributed by atoms with E-state index < -0.39 is 5.97 Å². The Bertz CT molecular complexity index is 1110. The molecule has 0 unspecified atom stereocenters. The molecule has 0 aliphatic rings. The van der Waals surface area contributed by atoms with Gasteiger partial charge in [0.1, 0.15) is 6.61 Å². The van der Waals surface area contributed by atoms with Gasteiger partial charge in [0, 0.05) is 11.2 Å². The molecular formula is C24H21Cl2NO4. The fraction of sp³-hybridized carbons (Fsp3) is 0.167. The van der Waals surface area contributed by atoms with E-state index in [-0.39, 0.29) is 12.2 Å². The van der Waals surface area contributed by atoms with Crippen LogP contribution in [0.15, 0.2) is 59.6 Å². The molecule has 0 fully saturated rings. The van der Waals surface area contributed by atoms with Crippen molar-refractivity contribution in [2.75, 3.05) is 6.61 Å². The number of hydrogen-bond donors (Lipinski definition) is 1. The zero-order chi connectivity index (χ0) is 22.4. The number of hydrogen-bond acceptors (Lipinski definition) is 4. The lowest BCUT2D eigenvalue weighted by atomic mass is 10.1. The molecule has 160 valence electrons. The lowest BCUT2D eigenvalue weighted by Gasteiger charge is -2.14. The van der Waals surface area contributed by atoms with Crippen molar-refractivity contribution in [3.8, 4) is 11.5 Å². The second-order valence-electron chi connectivity index (χ2n) is 6.75. The predicted molar refractivity (Wildman–Crippen MR) is 124 cm³/mol. The van der Waals surface area contributed by atoms with Gasteiger partial charge in [-0.15, -0.1) is 0 Å². The normalized spacial score (nSPS) is 11.0. The standard InChI is InChI=1S/C24H21Cl2NO4/c1-3-30-22-11-17(13-27-19-9-4-15(2)20(25)12-19)10-21(26)23(22)31-14-16-5-7-18(8-6-16)24(28)29/h4-13H,3,14H2,1-2H3,(H,28,29). The third kappa shape index (κ3) is 6.00. The molecule has 0 aliphatic heterocycles. The molecule has 5 nitrogen and oxygen atoms in total. The van der Waals surface area contributed by atoms with Crippen molar-refractivity contribution in [2.45, 2.75) is 20.5 Å². The van der Waals surface area contributed by atoms with Crippen LogP contribution in [-0.4, -0.2) is 23.9 Å². The second kappa shape index (κ2) is 10.3. The number of carboxylic acids is 1. The Morgan fingerprint density at radius 1 is 1.03 bits per heavy atom. The lowest BCUT2D eigenvalue weighted by Crippen LogP contribution is -2.02. The van der Waals surface area contributed by atoms with Crippen LogP contribution < -0.4 is 9.47 Å². The summed E-state index contributed by atoms with van der Waals surface area (Å²) >= 11 is 12.6. The van der Waals surface area contributed by atoms with Crippen molar-refractivity contribution in [1.82, 2.24) is 0 Å². The molecule has 0 aromatic heterocycles. The fourth-order valence-electron chi connectivity index (χ4n) is 2.78. The molecule has 0 spiro atoms. The molecule has 0 radical (unpaired) electrons. The molecule has 7 heteroatoms. The minimum Gasteiger partial charge on any atom is -0.490 e. The number of nitrogens with zero attached hydrogens (tertiary/aromatic N) is 1. The van der Waals surface area contributed by atoms with Crippen molar-refractivity contribution in [2.24, 2.45) is 4.99 Å². The molecule has 0 atom stereocenters. The molecule has 3 aromatic rings. The second-order valence-corrected chi connectivity index (χ2v) is 7.56. The first kappa shape index (κ1) is 22.7. The average molecular weight is 458 g/mol. The Labute approximate surface area is 190 Å². The first-order valence-electron chi connectivity index (χ1n) is 9.59. The Hall–Kier alpha value is -3.02. The van der Waals surface area contributed by atoms with Crippen molar-refractivity contribution in [1.29, 1.82) is 0 Å². The maximum Gasteiger partial charge on any atom is 0.335 e. The molecule has 31 heavy (non-hydrogen) atoms. The first-order chi connectivity index (χ1) is 14.9. The van der Waals surface area contributed by atoms with E-state index in [2.05, 4.69) is 4.99 Å². The maximum atomic E-state index is 11.0. The minimum atomic E-state index is -0.973. The van der Waals surface area contributed by atoms with E-state index in [9.17, 15) is 4.79 Å². The van der Waals surface area contributed by atoms with Gasteiger partial charge in [-0.3, -0.25) is 4.99 Å². The van der Waals surface area contributed by atoms with Crippen molar-refractivity contribution in [3.63, 3.8) is 0 Å². The summed E-state index contributed by atoms with van der Waals surface area (Å²) in [6, 6.07) is 15.6. The van der Waals surface area contributed by atoms with Crippen LogP contribution in [0, 0.1) is 6.92 Å². The van der Waals surface area contributed by atoms with Gasteiger partial charge in [0.25, 0.3) is 0 Å². The highest BCUT2D eigenvalue weighted by molar-refractivity contribution is 6.32. The number of carboxylic acid groups (broad SMARTS) is 1. The van der Waals surface area contributed by atoms with Gasteiger partial charge in [0.2, 0.25) is 0 Å². The topological polar surface area (TPSA) is 68.1 Å². The highest BCUT2D eigenvalue weighted by atomic mass is 35.5. The van der Waals surface area contributed by atoms with Crippen LogP contribution in [0.5, 0.6) is 11.5 Å². The van der Waals surface area contributed by atoms with E-state index in [4.69, 9.17) is 37.8 Å². The Morgan fingerprint density at radius 3 is 2.42 bits per heavy atom. The molecule has 0 aliphatic carbocycles. The molecule has 0 saturated heterocycles. The van der Waals surface area contributed by atoms with Crippen LogP contribution in [0.3, 0.4) is 0 Å². The number of benzene rings is 3. The van der Waals surface area contributed by atoms with E-state index in [0.29, 0.717) is 28.2 Å². The Morgan fingerprint density at radius 2 is 1.77 bits per heavy atom. The summed E-state index contributed by atoms with van der Waals surface area (Å²) in [5.74, 6) is -0.0544. The average Bonchev–Trinajstić information content (AvgIpc) is 2.74. The van der Waals surface area contributed by atoms with Crippen LogP contribution in [-0.2, 0) is 6.61 Å². The summed E-state index contributed by atoms with van der Waals surface area (Å²) in [5, 5.41) is 10.0. The van der Waals surface area contributed by atoms with E-state index >= 15 is 0 Å². The van der Waals surface area contributed by atoms with Gasteiger partial charge in [0.15, 0.2) is 11.5 Å². The third-order valence-corrected chi connectivity index (χ3v) is 5.12. The molecule has 3 aromatic carbocycles. The summed E-state index contributed by atoms with van der Waals surface area (Å²) in [6.45, 7) is 4.46. The van der Waals surface area contributed by atoms with Crippen LogP contribution in [0.25, 0.3) is 0 Å². The summed E-state index contributed by atoms with van der Waals surface area (Å²) in [7, 11) is 0. The number of aryl methyl sites for hydroxylation is 1. The molecular weight excluding hydrogens is 437 g/mol. The maximum absolute atomic E-state index is 11.0. The summed E-state index contributed by atoms with van der Waals surface area (Å²) < 4.78 is 11.6. The monoisotopic (exact) mass is 457 g/mol. The van der Waals surface area contributed by atoms with Crippen LogP contribution >= 0.6 is 23.2 Å². The predicted octanol–water partition coefficient (Wildman–Crippen LogP) is 6.73. The molecule has 3 rings (SSSR count). The van der Waals surface area contributed by atoms with Gasteiger partial charge < -0.3 is 14.6 Å². The van der Waals surface area contributed by atoms with Gasteiger partial charge in [-0.05, 0) is 66.9 Å². The lowest BCUT2D eigenvalue weighted by molar-refractivity contribution is 0.0697. The number of ether oxygens (including phenoxy) is 2. The zero-order valence-electron chi connectivity index (χ0n) is 17.1. The molecule has 0 amide bonds. The number of aliphatic imine (C=N–C) groups is 1. The first-order valence-corrected chi connectivity index (χ1v) is 10.3. The molecule has 0 bridgehead atoms. The minimum absolute atomic E-state index is 0.217. The van der Waals surface area contributed by atoms with Crippen molar-refractivity contribution < 1.29 is 19.4 Å². The Kier molecular flexibility index (Phi) is 7.55. The summed E-state index contributed by atoms with van der Waals surface area (Å²) in [4.78, 5) is 15.4. The highest BCUT2D eigenvalue weighted by Crippen LogP contribution is 2.37. The smallest absolute Gasteiger partial charge is 0.335 e. The van der Waals surface area contributed by atoms with Crippen LogP contribution in [0.4, 0.5) is 5.69 Å². The fourth-order valence-corrected chi connectivity index (χ4v) is 3.22. The number of halogens is 2. The van der Waals surface area contributed by atoms with E-state index in [0.717, 1.165) is 22.4 Å². The van der Waals surface area contributed by atoms with Gasteiger partial charge in [0.05, 0.1) is 22.9 Å². The largest absolute Gasteiger partial charge is 0.490 e.